The molecule has 3 fully saturated rings. The number of nitrogens with zero attached hydrogens (tertiary/aromatic N) is 1. The number of anilines is 1. The van der Waals surface area contributed by atoms with Crippen LogP contribution in [0.3, 0.4) is 0 Å². The van der Waals surface area contributed by atoms with Crippen LogP contribution >= 0.6 is 11.3 Å². The molecule has 3 heterocycles. The molecule has 0 saturated heterocycles. The van der Waals surface area contributed by atoms with Crippen LogP contribution in [0, 0.1) is 17.3 Å². The second kappa shape index (κ2) is 6.30. The van der Waals surface area contributed by atoms with Crippen molar-refractivity contribution in [3.63, 3.8) is 0 Å². The summed E-state index contributed by atoms with van der Waals surface area (Å²) in [5.74, 6) is 0.903. The Balaban J connectivity index is 1.37. The van der Waals surface area contributed by atoms with E-state index in [1.165, 1.54) is 4.88 Å². The van der Waals surface area contributed by atoms with Crippen molar-refractivity contribution in [3.05, 3.63) is 46.3 Å². The number of fused-ring (bicyclic) bond motifs is 3. The fourth-order valence-electron chi connectivity index (χ4n) is 5.43. The normalized spacial score (nSPS) is 33.1. The average Bonchev–Trinajstić information content (AvgIpc) is 3.19. The van der Waals surface area contributed by atoms with Crippen LogP contribution in [0.2, 0.25) is 0 Å². The lowest BCUT2D eigenvalue weighted by atomic mass is 9.51. The zero-order valence-electron chi connectivity index (χ0n) is 15.8. The summed E-state index contributed by atoms with van der Waals surface area (Å²) in [7, 11) is 0. The van der Waals surface area contributed by atoms with Crippen LogP contribution in [0.5, 0.6) is 0 Å². The van der Waals surface area contributed by atoms with E-state index in [0.29, 0.717) is 17.9 Å². The minimum atomic E-state index is -0.504. The fraction of sp³-hybridized carbons (Fsp3) is 0.476. The molecule has 2 amide bonds. The molecule has 3 N–H and O–H groups in total. The van der Waals surface area contributed by atoms with Gasteiger partial charge in [-0.05, 0) is 54.7 Å². The van der Waals surface area contributed by atoms with Crippen molar-refractivity contribution in [2.24, 2.45) is 17.3 Å². The van der Waals surface area contributed by atoms with Crippen LogP contribution in [0.25, 0.3) is 0 Å². The molecule has 3 saturated carbocycles. The molecule has 0 aromatic carbocycles. The fourth-order valence-corrected chi connectivity index (χ4v) is 6.08. The third-order valence-corrected chi connectivity index (χ3v) is 7.75. The van der Waals surface area contributed by atoms with Crippen molar-refractivity contribution in [1.29, 1.82) is 0 Å². The molecule has 1 aliphatic heterocycles. The predicted octanol–water partition coefficient (Wildman–Crippen LogP) is 3.14. The molecule has 2 aromatic rings. The highest BCUT2D eigenvalue weighted by atomic mass is 32.1. The first-order chi connectivity index (χ1) is 13.5. The first kappa shape index (κ1) is 17.7. The maximum absolute atomic E-state index is 13.0. The van der Waals surface area contributed by atoms with Crippen molar-refractivity contribution >= 4 is 29.0 Å². The van der Waals surface area contributed by atoms with Gasteiger partial charge in [0.1, 0.15) is 11.5 Å². The quantitative estimate of drug-likeness (QED) is 0.744. The van der Waals surface area contributed by atoms with Crippen molar-refractivity contribution < 1.29 is 9.59 Å². The van der Waals surface area contributed by atoms with Gasteiger partial charge in [-0.2, -0.15) is 0 Å². The minimum absolute atomic E-state index is 0.0272. The Labute approximate surface area is 168 Å². The van der Waals surface area contributed by atoms with Gasteiger partial charge in [0.25, 0.3) is 5.91 Å². The van der Waals surface area contributed by atoms with E-state index < -0.39 is 5.66 Å². The second-order valence-electron chi connectivity index (χ2n) is 8.60. The molecule has 4 aliphatic rings. The van der Waals surface area contributed by atoms with Crippen LogP contribution in [-0.4, -0.2) is 22.5 Å². The minimum Gasteiger partial charge on any atom is -0.351 e. The topological polar surface area (TPSA) is 83.1 Å². The SMILES string of the molecule is CC12CCC(CC1C(=O)NCc1cccs1)C1(C2)NC(=O)c2cccnc2N1. The number of aromatic nitrogens is 1. The molecular weight excluding hydrogens is 372 g/mol. The largest absolute Gasteiger partial charge is 0.351 e. The molecule has 146 valence electrons. The van der Waals surface area contributed by atoms with E-state index >= 15 is 0 Å². The highest BCUT2D eigenvalue weighted by molar-refractivity contribution is 7.09. The van der Waals surface area contributed by atoms with Gasteiger partial charge in [-0.15, -0.1) is 11.3 Å². The number of thiophene rings is 1. The van der Waals surface area contributed by atoms with Crippen molar-refractivity contribution in [2.45, 2.75) is 44.8 Å². The zero-order chi connectivity index (χ0) is 19.4. The summed E-state index contributed by atoms with van der Waals surface area (Å²) in [6.45, 7) is 2.78. The number of rotatable bonds is 3. The zero-order valence-corrected chi connectivity index (χ0v) is 16.6. The van der Waals surface area contributed by atoms with E-state index in [1.807, 2.05) is 17.5 Å². The lowest BCUT2D eigenvalue weighted by Gasteiger charge is -2.60. The van der Waals surface area contributed by atoms with Gasteiger partial charge in [0.15, 0.2) is 0 Å². The third-order valence-electron chi connectivity index (χ3n) is 6.87. The van der Waals surface area contributed by atoms with E-state index in [0.717, 1.165) is 25.7 Å². The number of carbonyl (C=O) groups excluding carboxylic acids is 2. The summed E-state index contributed by atoms with van der Waals surface area (Å²) in [5, 5.41) is 11.9. The van der Waals surface area contributed by atoms with Gasteiger partial charge in [-0.1, -0.05) is 13.0 Å². The second-order valence-corrected chi connectivity index (χ2v) is 9.63. The molecule has 0 radical (unpaired) electrons. The van der Waals surface area contributed by atoms with Gasteiger partial charge in [0, 0.05) is 22.9 Å². The van der Waals surface area contributed by atoms with Crippen LogP contribution in [0.15, 0.2) is 35.8 Å². The first-order valence-electron chi connectivity index (χ1n) is 9.85. The van der Waals surface area contributed by atoms with E-state index in [1.54, 1.807) is 29.7 Å². The van der Waals surface area contributed by atoms with Crippen LogP contribution in [0.1, 0.15) is 47.8 Å². The summed E-state index contributed by atoms with van der Waals surface area (Å²) in [5.41, 5.74) is -0.0680. The van der Waals surface area contributed by atoms with Crippen molar-refractivity contribution in [3.8, 4) is 0 Å². The Bertz CT molecular complexity index is 930. The Hall–Kier alpha value is -2.41. The molecule has 2 aromatic heterocycles. The summed E-state index contributed by atoms with van der Waals surface area (Å²) < 4.78 is 0. The van der Waals surface area contributed by atoms with Crippen LogP contribution in [0.4, 0.5) is 5.82 Å². The molecule has 28 heavy (non-hydrogen) atoms. The molecule has 7 heteroatoms. The van der Waals surface area contributed by atoms with Gasteiger partial charge in [0.2, 0.25) is 5.91 Å². The van der Waals surface area contributed by atoms with E-state index in [4.69, 9.17) is 0 Å². The van der Waals surface area contributed by atoms with Gasteiger partial charge < -0.3 is 16.0 Å². The molecule has 4 unspecified atom stereocenters. The number of hydrogen-bond acceptors (Lipinski definition) is 5. The molecule has 2 bridgehead atoms. The Kier molecular flexibility index (Phi) is 3.98. The van der Waals surface area contributed by atoms with Crippen molar-refractivity contribution in [1.82, 2.24) is 15.6 Å². The van der Waals surface area contributed by atoms with Crippen molar-refractivity contribution in [2.75, 3.05) is 5.32 Å². The Morgan fingerprint density at radius 1 is 1.36 bits per heavy atom. The molecule has 4 atom stereocenters. The third kappa shape index (κ3) is 2.71. The number of hydrogen-bond donors (Lipinski definition) is 3. The van der Waals surface area contributed by atoms with Gasteiger partial charge in [-0.25, -0.2) is 4.98 Å². The van der Waals surface area contributed by atoms with Crippen LogP contribution in [-0.2, 0) is 11.3 Å². The van der Waals surface area contributed by atoms with Gasteiger partial charge in [-0.3, -0.25) is 9.59 Å². The highest BCUT2D eigenvalue weighted by Crippen LogP contribution is 2.58. The van der Waals surface area contributed by atoms with E-state index in [2.05, 4.69) is 27.9 Å². The van der Waals surface area contributed by atoms with E-state index in [-0.39, 0.29) is 29.1 Å². The number of nitrogens with one attached hydrogen (secondary N) is 3. The molecule has 6 rings (SSSR count). The molecule has 1 spiro atoms. The maximum atomic E-state index is 13.0. The molecule has 6 nitrogen and oxygen atoms in total. The van der Waals surface area contributed by atoms with Gasteiger partial charge in [0.05, 0.1) is 12.1 Å². The van der Waals surface area contributed by atoms with E-state index in [9.17, 15) is 9.59 Å². The summed E-state index contributed by atoms with van der Waals surface area (Å²) in [6.07, 6.45) is 5.23. The molecular formula is C21H24N4O2S. The average molecular weight is 397 g/mol. The smallest absolute Gasteiger partial charge is 0.256 e. The predicted molar refractivity (Wildman–Crippen MR) is 108 cm³/mol. The number of amides is 2. The summed E-state index contributed by atoms with van der Waals surface area (Å²) in [4.78, 5) is 31.3. The number of pyridine rings is 1. The first-order valence-corrected chi connectivity index (χ1v) is 10.7. The lowest BCUT2D eigenvalue weighted by Crippen LogP contribution is -2.70. The Morgan fingerprint density at radius 2 is 2.25 bits per heavy atom. The Morgan fingerprint density at radius 3 is 3.04 bits per heavy atom. The van der Waals surface area contributed by atoms with Gasteiger partial charge >= 0.3 is 0 Å². The summed E-state index contributed by atoms with van der Waals surface area (Å²) in [6, 6.07) is 7.62. The summed E-state index contributed by atoms with van der Waals surface area (Å²) >= 11 is 1.66. The number of carbonyl (C=O) groups is 2. The monoisotopic (exact) mass is 396 g/mol. The maximum Gasteiger partial charge on any atom is 0.256 e. The molecule has 3 aliphatic carbocycles. The highest BCUT2D eigenvalue weighted by Gasteiger charge is 2.60. The standard InChI is InChI=1S/C21H24N4O2S/c1-20-7-6-13(10-16(20)19(27)23-11-14-4-3-9-28-14)21(12-20)24-17-15(18(26)25-21)5-2-8-22-17/h2-5,8-9,13,16H,6-7,10-12H2,1H3,(H,22,24)(H,23,27)(H,25,26). The lowest BCUT2D eigenvalue weighted by molar-refractivity contribution is -0.139. The van der Waals surface area contributed by atoms with Crippen LogP contribution < -0.4 is 16.0 Å².